The Hall–Kier alpha value is -2.41. The first kappa shape index (κ1) is 18.4. The van der Waals surface area contributed by atoms with Gasteiger partial charge in [-0.3, -0.25) is 9.69 Å². The second-order valence-corrected chi connectivity index (χ2v) is 7.11. The van der Waals surface area contributed by atoms with Crippen LogP contribution in [0, 0.1) is 6.92 Å². The number of nitrogen functional groups attached to an aromatic ring is 1. The summed E-state index contributed by atoms with van der Waals surface area (Å²) in [5.41, 5.74) is 7.61. The smallest absolute Gasteiger partial charge is 0.270 e. The van der Waals surface area contributed by atoms with Crippen molar-refractivity contribution in [3.8, 4) is 0 Å². The Labute approximate surface area is 154 Å². The van der Waals surface area contributed by atoms with Gasteiger partial charge in [0.2, 0.25) is 0 Å². The van der Waals surface area contributed by atoms with Crippen molar-refractivity contribution in [1.29, 1.82) is 0 Å². The lowest BCUT2D eigenvalue weighted by Crippen LogP contribution is -2.35. The molecule has 2 N–H and O–H groups in total. The average molecular weight is 356 g/mol. The Bertz CT molecular complexity index is 771. The highest BCUT2D eigenvalue weighted by atomic mass is 16.2. The van der Waals surface area contributed by atoms with E-state index in [2.05, 4.69) is 21.9 Å². The van der Waals surface area contributed by atoms with Crippen LogP contribution in [0.3, 0.4) is 0 Å². The lowest BCUT2D eigenvalue weighted by atomic mass is 10.1. The van der Waals surface area contributed by atoms with Crippen molar-refractivity contribution in [3.05, 3.63) is 41.6 Å². The first-order valence-corrected chi connectivity index (χ1v) is 9.15. The fourth-order valence-electron chi connectivity index (χ4n) is 3.56. The van der Waals surface area contributed by atoms with Crippen molar-refractivity contribution in [2.24, 2.45) is 7.05 Å². The van der Waals surface area contributed by atoms with Crippen LogP contribution in [0.2, 0.25) is 0 Å². The number of hydrogen-bond donors (Lipinski definition) is 1. The Kier molecular flexibility index (Phi) is 5.56. The molecule has 2 aromatic heterocycles. The predicted molar refractivity (Wildman–Crippen MR) is 102 cm³/mol. The number of nitrogens with zero attached hydrogens (tertiary/aromatic N) is 5. The number of nitrogens with two attached hydrogens (primary N) is 1. The van der Waals surface area contributed by atoms with E-state index in [0.717, 1.165) is 49.6 Å². The number of likely N-dealkylation sites (tertiary alicyclic amines) is 1. The zero-order valence-corrected chi connectivity index (χ0v) is 15.9. The maximum atomic E-state index is 12.8. The third kappa shape index (κ3) is 4.04. The summed E-state index contributed by atoms with van der Waals surface area (Å²) in [6, 6.07) is 6.02. The molecule has 0 spiro atoms. The van der Waals surface area contributed by atoms with E-state index < -0.39 is 0 Å². The Morgan fingerprint density at radius 1 is 1.31 bits per heavy atom. The molecule has 1 amide bonds. The van der Waals surface area contributed by atoms with Crippen LogP contribution in [-0.2, 0) is 13.6 Å². The Morgan fingerprint density at radius 3 is 2.81 bits per heavy atom. The van der Waals surface area contributed by atoms with Crippen molar-refractivity contribution in [1.82, 2.24) is 24.3 Å². The van der Waals surface area contributed by atoms with Crippen LogP contribution in [-0.4, -0.2) is 56.4 Å². The lowest BCUT2D eigenvalue weighted by Gasteiger charge is -2.26. The topological polar surface area (TPSA) is 80.3 Å². The number of aryl methyl sites for hydroxylation is 1. The highest BCUT2D eigenvalue weighted by molar-refractivity contribution is 5.93. The number of rotatable bonds is 4. The molecule has 0 bridgehead atoms. The minimum atomic E-state index is 0.128. The number of amides is 1. The van der Waals surface area contributed by atoms with Gasteiger partial charge in [-0.2, -0.15) is 0 Å². The van der Waals surface area contributed by atoms with Crippen LogP contribution >= 0.6 is 0 Å². The molecular weight excluding hydrogens is 328 g/mol. The zero-order chi connectivity index (χ0) is 18.7. The van der Waals surface area contributed by atoms with Crippen LogP contribution in [0.1, 0.15) is 41.3 Å². The molecular formula is C19H28N6O. The van der Waals surface area contributed by atoms with Crippen LogP contribution < -0.4 is 5.73 Å². The van der Waals surface area contributed by atoms with E-state index in [1.807, 2.05) is 35.6 Å². The van der Waals surface area contributed by atoms with Gasteiger partial charge in [0, 0.05) is 38.1 Å². The normalized spacial score (nSPS) is 18.2. The van der Waals surface area contributed by atoms with Gasteiger partial charge in [-0.25, -0.2) is 9.97 Å². The standard InChI is InChI=1S/C19H28N6O/c1-14-6-7-16(24(14)3)19(26)25-11-4-5-15(9-12-25)23(2)13-18-21-10-8-17(20)22-18/h6-8,10,15H,4-5,9,11-13H2,1-3H3,(H2,20,21,22)/t15-/m0/s1. The molecule has 0 unspecified atom stereocenters. The molecule has 1 fully saturated rings. The highest BCUT2D eigenvalue weighted by Gasteiger charge is 2.25. The summed E-state index contributed by atoms with van der Waals surface area (Å²) in [6.45, 7) is 4.27. The van der Waals surface area contributed by atoms with E-state index in [4.69, 9.17) is 5.73 Å². The molecule has 1 atom stereocenters. The van der Waals surface area contributed by atoms with Gasteiger partial charge in [0.25, 0.3) is 5.91 Å². The predicted octanol–water partition coefficient (Wildman–Crippen LogP) is 1.83. The minimum Gasteiger partial charge on any atom is -0.384 e. The lowest BCUT2D eigenvalue weighted by molar-refractivity contribution is 0.0747. The largest absolute Gasteiger partial charge is 0.384 e. The van der Waals surface area contributed by atoms with Crippen molar-refractivity contribution in [2.45, 2.75) is 38.8 Å². The van der Waals surface area contributed by atoms with Crippen molar-refractivity contribution in [2.75, 3.05) is 25.9 Å². The molecule has 1 aliphatic rings. The molecule has 140 valence electrons. The zero-order valence-electron chi connectivity index (χ0n) is 15.9. The van der Waals surface area contributed by atoms with Gasteiger partial charge >= 0.3 is 0 Å². The van der Waals surface area contributed by atoms with Gasteiger partial charge in [-0.15, -0.1) is 0 Å². The molecule has 0 aromatic carbocycles. The second kappa shape index (κ2) is 7.86. The van der Waals surface area contributed by atoms with Crippen LogP contribution in [0.4, 0.5) is 5.82 Å². The van der Waals surface area contributed by atoms with Crippen LogP contribution in [0.15, 0.2) is 24.4 Å². The summed E-state index contributed by atoms with van der Waals surface area (Å²) in [5.74, 6) is 1.37. The molecule has 1 saturated heterocycles. The fourth-order valence-corrected chi connectivity index (χ4v) is 3.56. The van der Waals surface area contributed by atoms with Crippen LogP contribution in [0.25, 0.3) is 0 Å². The molecule has 0 aliphatic carbocycles. The van der Waals surface area contributed by atoms with Crippen molar-refractivity contribution < 1.29 is 4.79 Å². The summed E-state index contributed by atoms with van der Waals surface area (Å²) in [7, 11) is 4.04. The van der Waals surface area contributed by atoms with Crippen molar-refractivity contribution >= 4 is 11.7 Å². The van der Waals surface area contributed by atoms with E-state index in [1.54, 1.807) is 12.3 Å². The molecule has 3 heterocycles. The van der Waals surface area contributed by atoms with Crippen LogP contribution in [0.5, 0.6) is 0 Å². The summed E-state index contributed by atoms with van der Waals surface area (Å²) in [4.78, 5) is 25.7. The number of carbonyl (C=O) groups excluding carboxylic acids is 1. The summed E-state index contributed by atoms with van der Waals surface area (Å²) in [5, 5.41) is 0. The third-order valence-corrected chi connectivity index (χ3v) is 5.32. The molecule has 26 heavy (non-hydrogen) atoms. The molecule has 0 saturated carbocycles. The number of hydrogen-bond acceptors (Lipinski definition) is 5. The van der Waals surface area contributed by atoms with Gasteiger partial charge in [-0.1, -0.05) is 0 Å². The SMILES string of the molecule is Cc1ccc(C(=O)N2CCC[C@H](N(C)Cc3nccc(N)n3)CC2)n1C. The Morgan fingerprint density at radius 2 is 2.12 bits per heavy atom. The summed E-state index contributed by atoms with van der Waals surface area (Å²) >= 11 is 0. The van der Waals surface area contributed by atoms with E-state index in [-0.39, 0.29) is 5.91 Å². The van der Waals surface area contributed by atoms with Gasteiger partial charge in [0.05, 0.1) is 6.54 Å². The monoisotopic (exact) mass is 356 g/mol. The molecule has 1 aliphatic heterocycles. The van der Waals surface area contributed by atoms with Gasteiger partial charge < -0.3 is 15.2 Å². The van der Waals surface area contributed by atoms with Gasteiger partial charge in [-0.05, 0) is 51.4 Å². The summed E-state index contributed by atoms with van der Waals surface area (Å²) in [6.07, 6.45) is 4.71. The third-order valence-electron chi connectivity index (χ3n) is 5.32. The first-order chi connectivity index (χ1) is 12.5. The highest BCUT2D eigenvalue weighted by Crippen LogP contribution is 2.19. The van der Waals surface area contributed by atoms with Gasteiger partial charge in [0.1, 0.15) is 17.3 Å². The molecule has 7 nitrogen and oxygen atoms in total. The summed E-state index contributed by atoms with van der Waals surface area (Å²) < 4.78 is 1.97. The molecule has 0 radical (unpaired) electrons. The molecule has 3 rings (SSSR count). The van der Waals surface area contributed by atoms with E-state index >= 15 is 0 Å². The van der Waals surface area contributed by atoms with Crippen molar-refractivity contribution in [3.63, 3.8) is 0 Å². The molecule has 7 heteroatoms. The Balaban J connectivity index is 1.61. The quantitative estimate of drug-likeness (QED) is 0.904. The maximum Gasteiger partial charge on any atom is 0.270 e. The fraction of sp³-hybridized carbons (Fsp3) is 0.526. The number of aromatic nitrogens is 3. The van der Waals surface area contributed by atoms with E-state index in [9.17, 15) is 4.79 Å². The first-order valence-electron chi connectivity index (χ1n) is 9.15. The maximum absolute atomic E-state index is 12.8. The number of carbonyl (C=O) groups is 1. The number of anilines is 1. The minimum absolute atomic E-state index is 0.128. The molecule has 2 aromatic rings. The van der Waals surface area contributed by atoms with E-state index in [1.165, 1.54) is 0 Å². The van der Waals surface area contributed by atoms with E-state index in [0.29, 0.717) is 18.4 Å². The second-order valence-electron chi connectivity index (χ2n) is 7.11. The van der Waals surface area contributed by atoms with Gasteiger partial charge in [0.15, 0.2) is 0 Å². The average Bonchev–Trinajstić information content (AvgIpc) is 2.82.